The van der Waals surface area contributed by atoms with Crippen molar-refractivity contribution in [1.82, 2.24) is 4.98 Å². The Morgan fingerprint density at radius 3 is 2.55 bits per heavy atom. The maximum absolute atomic E-state index is 6.04. The molecule has 0 unspecified atom stereocenters. The smallest absolute Gasteiger partial charge is 0.137 e. The van der Waals surface area contributed by atoms with E-state index in [2.05, 4.69) is 17.1 Å². The lowest BCUT2D eigenvalue weighted by molar-refractivity contribution is 0.309. The average Bonchev–Trinajstić information content (AvgIpc) is 2.46. The van der Waals surface area contributed by atoms with Gasteiger partial charge in [0.25, 0.3) is 0 Å². The van der Waals surface area contributed by atoms with Crippen LogP contribution in [0.1, 0.15) is 5.56 Å². The molecule has 1 heterocycles. The van der Waals surface area contributed by atoms with Gasteiger partial charge >= 0.3 is 0 Å². The topological polar surface area (TPSA) is 22.1 Å². The summed E-state index contributed by atoms with van der Waals surface area (Å²) in [6.07, 6.45) is 0. The van der Waals surface area contributed by atoms with Crippen LogP contribution in [0, 0.1) is 0 Å². The van der Waals surface area contributed by atoms with Crippen molar-refractivity contribution in [2.75, 3.05) is 0 Å². The van der Waals surface area contributed by atoms with Gasteiger partial charge in [0, 0.05) is 10.9 Å². The minimum atomic E-state index is 0.358. The van der Waals surface area contributed by atoms with Crippen LogP contribution in [0.2, 0.25) is 10.3 Å². The van der Waals surface area contributed by atoms with E-state index in [0.29, 0.717) is 16.9 Å². The third-order valence-corrected chi connectivity index (χ3v) is 3.56. The van der Waals surface area contributed by atoms with Crippen LogP contribution in [0.25, 0.3) is 10.8 Å². The number of halogens is 2. The van der Waals surface area contributed by atoms with Crippen molar-refractivity contribution < 1.29 is 4.74 Å². The quantitative estimate of drug-likeness (QED) is 0.626. The fraction of sp³-hybridized carbons (Fsp3) is 0.0625. The molecule has 3 rings (SSSR count). The van der Waals surface area contributed by atoms with Gasteiger partial charge in [-0.25, -0.2) is 4.98 Å². The van der Waals surface area contributed by atoms with Gasteiger partial charge in [-0.15, -0.1) is 0 Å². The Morgan fingerprint density at radius 1 is 0.900 bits per heavy atom. The maximum atomic E-state index is 6.04. The Labute approximate surface area is 126 Å². The number of nitrogens with zero attached hydrogens (tertiary/aromatic N) is 1. The minimum absolute atomic E-state index is 0.358. The second-order valence-electron chi connectivity index (χ2n) is 4.35. The first kappa shape index (κ1) is 13.2. The normalized spacial score (nSPS) is 10.7. The van der Waals surface area contributed by atoms with Gasteiger partial charge in [-0.3, -0.25) is 0 Å². The number of hydrogen-bond donors (Lipinski definition) is 0. The number of hydrogen-bond acceptors (Lipinski definition) is 2. The van der Waals surface area contributed by atoms with E-state index in [1.54, 1.807) is 6.07 Å². The SMILES string of the molecule is Clc1ccc(COc2cccc3ccccc23)c(Cl)n1. The average molecular weight is 304 g/mol. The Bertz CT molecular complexity index is 753. The molecule has 0 spiro atoms. The van der Waals surface area contributed by atoms with Crippen molar-refractivity contribution in [2.24, 2.45) is 0 Å². The highest BCUT2D eigenvalue weighted by atomic mass is 35.5. The van der Waals surface area contributed by atoms with Crippen molar-refractivity contribution in [3.63, 3.8) is 0 Å². The van der Waals surface area contributed by atoms with Crippen LogP contribution in [0.15, 0.2) is 54.6 Å². The molecule has 0 N–H and O–H groups in total. The van der Waals surface area contributed by atoms with Crippen LogP contribution in [-0.2, 0) is 6.61 Å². The predicted octanol–water partition coefficient (Wildman–Crippen LogP) is 5.12. The van der Waals surface area contributed by atoms with Gasteiger partial charge in [0.05, 0.1) is 0 Å². The zero-order chi connectivity index (χ0) is 13.9. The number of pyridine rings is 1. The van der Waals surface area contributed by atoms with Crippen LogP contribution in [0.4, 0.5) is 0 Å². The number of ether oxygens (including phenoxy) is 1. The number of rotatable bonds is 3. The van der Waals surface area contributed by atoms with Crippen molar-refractivity contribution in [1.29, 1.82) is 0 Å². The molecule has 0 amide bonds. The van der Waals surface area contributed by atoms with Crippen LogP contribution in [0.3, 0.4) is 0 Å². The second-order valence-corrected chi connectivity index (χ2v) is 5.10. The first-order valence-electron chi connectivity index (χ1n) is 6.15. The van der Waals surface area contributed by atoms with Crippen molar-refractivity contribution in [3.05, 3.63) is 70.5 Å². The number of benzene rings is 2. The van der Waals surface area contributed by atoms with Crippen LogP contribution in [0.5, 0.6) is 5.75 Å². The summed E-state index contributed by atoms with van der Waals surface area (Å²) in [6, 6.07) is 17.6. The maximum Gasteiger partial charge on any atom is 0.137 e. The van der Waals surface area contributed by atoms with Crippen molar-refractivity contribution in [3.8, 4) is 5.75 Å². The summed E-state index contributed by atoms with van der Waals surface area (Å²) in [5.74, 6) is 0.828. The standard InChI is InChI=1S/C16H11Cl2NO/c17-15-9-8-12(16(18)19-15)10-20-14-7-3-5-11-4-1-2-6-13(11)14/h1-9H,10H2. The van der Waals surface area contributed by atoms with E-state index in [-0.39, 0.29) is 0 Å². The van der Waals surface area contributed by atoms with Crippen molar-refractivity contribution in [2.45, 2.75) is 6.61 Å². The molecule has 1 aromatic heterocycles. The summed E-state index contributed by atoms with van der Waals surface area (Å²) in [7, 11) is 0. The molecule has 0 radical (unpaired) electrons. The fourth-order valence-electron chi connectivity index (χ4n) is 2.03. The lowest BCUT2D eigenvalue weighted by Crippen LogP contribution is -1.98. The van der Waals surface area contributed by atoms with E-state index in [1.807, 2.05) is 36.4 Å². The molecule has 2 aromatic carbocycles. The van der Waals surface area contributed by atoms with Gasteiger partial charge in [-0.1, -0.05) is 59.6 Å². The molecule has 0 saturated carbocycles. The predicted molar refractivity (Wildman–Crippen MR) is 82.5 cm³/mol. The van der Waals surface area contributed by atoms with Crippen LogP contribution >= 0.6 is 23.2 Å². The summed E-state index contributed by atoms with van der Waals surface area (Å²) < 4.78 is 5.86. The molecule has 0 aliphatic rings. The third kappa shape index (κ3) is 2.72. The zero-order valence-electron chi connectivity index (χ0n) is 10.5. The third-order valence-electron chi connectivity index (χ3n) is 3.02. The van der Waals surface area contributed by atoms with Gasteiger partial charge in [0.1, 0.15) is 22.7 Å². The van der Waals surface area contributed by atoms with Crippen LogP contribution in [-0.4, -0.2) is 4.98 Å². The molecule has 3 aromatic rings. The summed E-state index contributed by atoms with van der Waals surface area (Å²) in [6.45, 7) is 0.358. The largest absolute Gasteiger partial charge is 0.488 e. The molecule has 20 heavy (non-hydrogen) atoms. The molecule has 0 bridgehead atoms. The van der Waals surface area contributed by atoms with E-state index < -0.39 is 0 Å². The lowest BCUT2D eigenvalue weighted by atomic mass is 10.1. The van der Waals surface area contributed by atoms with Gasteiger partial charge < -0.3 is 4.74 Å². The molecule has 0 fully saturated rings. The van der Waals surface area contributed by atoms with E-state index in [1.165, 1.54) is 0 Å². The molecule has 0 aliphatic carbocycles. The molecule has 0 atom stereocenters. The van der Waals surface area contributed by atoms with E-state index in [4.69, 9.17) is 27.9 Å². The summed E-state index contributed by atoms with van der Waals surface area (Å²) >= 11 is 11.8. The Morgan fingerprint density at radius 2 is 1.70 bits per heavy atom. The monoisotopic (exact) mass is 303 g/mol. The van der Waals surface area contributed by atoms with Gasteiger partial charge in [0.15, 0.2) is 0 Å². The number of fused-ring (bicyclic) bond motifs is 1. The molecule has 2 nitrogen and oxygen atoms in total. The van der Waals surface area contributed by atoms with E-state index in [0.717, 1.165) is 22.1 Å². The molecule has 0 aliphatic heterocycles. The minimum Gasteiger partial charge on any atom is -0.488 e. The van der Waals surface area contributed by atoms with Gasteiger partial charge in [-0.2, -0.15) is 0 Å². The Kier molecular flexibility index (Phi) is 3.77. The zero-order valence-corrected chi connectivity index (χ0v) is 12.0. The highest BCUT2D eigenvalue weighted by Crippen LogP contribution is 2.26. The molecular formula is C16H11Cl2NO. The molecular weight excluding hydrogens is 293 g/mol. The van der Waals surface area contributed by atoms with Gasteiger partial charge in [-0.05, 0) is 23.6 Å². The second kappa shape index (κ2) is 5.70. The highest BCUT2D eigenvalue weighted by Gasteiger charge is 2.06. The molecule has 0 saturated heterocycles. The fourth-order valence-corrected chi connectivity index (χ4v) is 2.43. The van der Waals surface area contributed by atoms with Crippen molar-refractivity contribution >= 4 is 34.0 Å². The van der Waals surface area contributed by atoms with E-state index >= 15 is 0 Å². The van der Waals surface area contributed by atoms with Gasteiger partial charge in [0.2, 0.25) is 0 Å². The molecule has 4 heteroatoms. The van der Waals surface area contributed by atoms with Crippen LogP contribution < -0.4 is 4.74 Å². The number of aromatic nitrogens is 1. The first-order chi connectivity index (χ1) is 9.74. The summed E-state index contributed by atoms with van der Waals surface area (Å²) in [5, 5.41) is 2.97. The summed E-state index contributed by atoms with van der Waals surface area (Å²) in [4.78, 5) is 4.00. The first-order valence-corrected chi connectivity index (χ1v) is 6.91. The summed E-state index contributed by atoms with van der Waals surface area (Å²) in [5.41, 5.74) is 0.809. The lowest BCUT2D eigenvalue weighted by Gasteiger charge is -2.10. The highest BCUT2D eigenvalue weighted by molar-refractivity contribution is 6.32. The Hall–Kier alpha value is -1.77. The Balaban J connectivity index is 1.87. The van der Waals surface area contributed by atoms with E-state index in [9.17, 15) is 0 Å². The molecule has 100 valence electrons.